The number of benzene rings is 3. The molecule has 0 fully saturated rings. The highest BCUT2D eigenvalue weighted by atomic mass is 32.2. The van der Waals surface area contributed by atoms with Gasteiger partial charge in [-0.3, -0.25) is 4.18 Å². The van der Waals surface area contributed by atoms with Crippen LogP contribution in [0, 0.1) is 0 Å². The summed E-state index contributed by atoms with van der Waals surface area (Å²) in [5, 5.41) is 1.55. The molecule has 0 aliphatic carbocycles. The molecule has 4 nitrogen and oxygen atoms in total. The quantitative estimate of drug-likeness (QED) is 0.740. The van der Waals surface area contributed by atoms with Crippen LogP contribution in [0.1, 0.15) is 5.56 Å². The van der Waals surface area contributed by atoms with Crippen LogP contribution in [0.25, 0.3) is 10.8 Å². The van der Waals surface area contributed by atoms with Gasteiger partial charge in [-0.1, -0.05) is 66.7 Å². The molecular weight excluding hydrogens is 298 g/mol. The van der Waals surface area contributed by atoms with E-state index in [0.29, 0.717) is 5.39 Å². The number of fused-ring (bicyclic) bond motifs is 1. The summed E-state index contributed by atoms with van der Waals surface area (Å²) in [7, 11) is -3.79. The Balaban J connectivity index is 0.00000176. The maximum Gasteiger partial charge on any atom is 0.297 e. The molecule has 0 bridgehead atoms. The van der Waals surface area contributed by atoms with Crippen LogP contribution in [-0.2, 0) is 20.9 Å². The summed E-state index contributed by atoms with van der Waals surface area (Å²) in [6, 6.07) is 21.8. The lowest BCUT2D eigenvalue weighted by atomic mass is 10.1. The van der Waals surface area contributed by atoms with Gasteiger partial charge in [0.1, 0.15) is 4.90 Å². The summed E-state index contributed by atoms with van der Waals surface area (Å²) in [6.07, 6.45) is 0. The van der Waals surface area contributed by atoms with Gasteiger partial charge in [0.05, 0.1) is 6.61 Å². The zero-order valence-electron chi connectivity index (χ0n) is 12.0. The van der Waals surface area contributed by atoms with Crippen LogP contribution < -0.4 is 6.15 Å². The Morgan fingerprint density at radius 2 is 1.41 bits per heavy atom. The molecule has 5 heteroatoms. The van der Waals surface area contributed by atoms with E-state index in [2.05, 4.69) is 0 Å². The van der Waals surface area contributed by atoms with Crippen LogP contribution in [0.4, 0.5) is 0 Å². The van der Waals surface area contributed by atoms with Crippen molar-refractivity contribution in [3.8, 4) is 0 Å². The molecule has 0 saturated heterocycles. The van der Waals surface area contributed by atoms with Gasteiger partial charge in [0.2, 0.25) is 0 Å². The van der Waals surface area contributed by atoms with E-state index in [1.807, 2.05) is 54.6 Å². The summed E-state index contributed by atoms with van der Waals surface area (Å²) in [5.41, 5.74) is 0.821. The second-order valence-corrected chi connectivity index (χ2v) is 6.26. The van der Waals surface area contributed by atoms with Crippen LogP contribution in [0.2, 0.25) is 0 Å². The first-order valence-electron chi connectivity index (χ1n) is 6.58. The number of hydrogen-bond donors (Lipinski definition) is 1. The van der Waals surface area contributed by atoms with Crippen LogP contribution in [0.3, 0.4) is 0 Å². The van der Waals surface area contributed by atoms with Crippen LogP contribution in [-0.4, -0.2) is 8.42 Å². The first kappa shape index (κ1) is 16.2. The molecule has 0 aromatic heterocycles. The van der Waals surface area contributed by atoms with E-state index < -0.39 is 10.1 Å². The molecule has 3 aromatic carbocycles. The molecule has 0 heterocycles. The van der Waals surface area contributed by atoms with Gasteiger partial charge in [0.25, 0.3) is 10.1 Å². The normalized spacial score (nSPS) is 11.1. The fraction of sp³-hybridized carbons (Fsp3) is 0.0588. The topological polar surface area (TPSA) is 78.4 Å². The fourth-order valence-electron chi connectivity index (χ4n) is 2.20. The SMILES string of the molecule is N.O=S(=O)(OCc1ccccc1)c1cccc2ccccc12. The first-order valence-corrected chi connectivity index (χ1v) is 7.99. The van der Waals surface area contributed by atoms with Gasteiger partial charge in [0.15, 0.2) is 0 Å². The van der Waals surface area contributed by atoms with E-state index in [-0.39, 0.29) is 17.7 Å². The van der Waals surface area contributed by atoms with E-state index in [4.69, 9.17) is 4.18 Å². The lowest BCUT2D eigenvalue weighted by Gasteiger charge is -2.08. The largest absolute Gasteiger partial charge is 0.344 e. The summed E-state index contributed by atoms with van der Waals surface area (Å²) in [4.78, 5) is 0.205. The van der Waals surface area contributed by atoms with Gasteiger partial charge >= 0.3 is 0 Å². The van der Waals surface area contributed by atoms with Crippen molar-refractivity contribution < 1.29 is 12.6 Å². The van der Waals surface area contributed by atoms with Crippen LogP contribution in [0.5, 0.6) is 0 Å². The van der Waals surface area contributed by atoms with Crippen molar-refractivity contribution in [1.82, 2.24) is 6.15 Å². The smallest absolute Gasteiger partial charge is 0.297 e. The molecule has 0 radical (unpaired) electrons. The summed E-state index contributed by atoms with van der Waals surface area (Å²) >= 11 is 0. The monoisotopic (exact) mass is 315 g/mol. The Bertz CT molecular complexity index is 856. The highest BCUT2D eigenvalue weighted by Gasteiger charge is 2.18. The van der Waals surface area contributed by atoms with Crippen molar-refractivity contribution in [3.63, 3.8) is 0 Å². The van der Waals surface area contributed by atoms with Gasteiger partial charge < -0.3 is 6.15 Å². The third-order valence-electron chi connectivity index (χ3n) is 3.24. The van der Waals surface area contributed by atoms with Gasteiger partial charge in [-0.05, 0) is 17.0 Å². The molecule has 3 N–H and O–H groups in total. The summed E-state index contributed by atoms with van der Waals surface area (Å²) in [5.74, 6) is 0. The Morgan fingerprint density at radius 1 is 0.773 bits per heavy atom. The molecule has 0 spiro atoms. The molecule has 0 amide bonds. The lowest BCUT2D eigenvalue weighted by Crippen LogP contribution is -2.07. The second kappa shape index (κ2) is 6.70. The average Bonchev–Trinajstić information content (AvgIpc) is 2.53. The highest BCUT2D eigenvalue weighted by molar-refractivity contribution is 7.87. The maximum absolute atomic E-state index is 12.4. The minimum absolute atomic E-state index is 0. The van der Waals surface area contributed by atoms with E-state index in [1.54, 1.807) is 18.2 Å². The Kier molecular flexibility index (Phi) is 4.92. The third-order valence-corrected chi connectivity index (χ3v) is 4.57. The zero-order valence-corrected chi connectivity index (χ0v) is 12.8. The van der Waals surface area contributed by atoms with Crippen molar-refractivity contribution >= 4 is 20.9 Å². The van der Waals surface area contributed by atoms with Crippen molar-refractivity contribution in [2.24, 2.45) is 0 Å². The molecule has 114 valence electrons. The third kappa shape index (κ3) is 3.33. The predicted molar refractivity (Wildman–Crippen MR) is 87.4 cm³/mol. The molecule has 22 heavy (non-hydrogen) atoms. The van der Waals surface area contributed by atoms with Crippen molar-refractivity contribution in [3.05, 3.63) is 78.4 Å². The van der Waals surface area contributed by atoms with Gasteiger partial charge in [-0.25, -0.2) is 0 Å². The van der Waals surface area contributed by atoms with Crippen molar-refractivity contribution in [1.29, 1.82) is 0 Å². The molecule has 0 saturated carbocycles. The highest BCUT2D eigenvalue weighted by Crippen LogP contribution is 2.24. The number of rotatable bonds is 4. The molecule has 0 aliphatic rings. The number of hydrogen-bond acceptors (Lipinski definition) is 4. The van der Waals surface area contributed by atoms with Crippen molar-refractivity contribution in [2.75, 3.05) is 0 Å². The molecule has 0 aliphatic heterocycles. The molecule has 3 rings (SSSR count). The van der Waals surface area contributed by atoms with Crippen LogP contribution in [0.15, 0.2) is 77.7 Å². The summed E-state index contributed by atoms with van der Waals surface area (Å²) < 4.78 is 30.0. The second-order valence-electron chi connectivity index (χ2n) is 4.68. The minimum Gasteiger partial charge on any atom is -0.344 e. The van der Waals surface area contributed by atoms with E-state index in [0.717, 1.165) is 10.9 Å². The van der Waals surface area contributed by atoms with E-state index in [9.17, 15) is 8.42 Å². The molecular formula is C17H17NO3S. The van der Waals surface area contributed by atoms with E-state index >= 15 is 0 Å². The van der Waals surface area contributed by atoms with Gasteiger partial charge in [0, 0.05) is 5.39 Å². The molecule has 3 aromatic rings. The van der Waals surface area contributed by atoms with Crippen molar-refractivity contribution in [2.45, 2.75) is 11.5 Å². The van der Waals surface area contributed by atoms with Crippen LogP contribution >= 0.6 is 0 Å². The fourth-order valence-corrected chi connectivity index (χ4v) is 3.32. The molecule has 0 unspecified atom stereocenters. The Labute approximate surface area is 130 Å². The standard InChI is InChI=1S/C17H14O3S.H3N/c18-21(19,20-13-14-7-2-1-3-8-14)17-12-6-10-15-9-4-5-11-16(15)17;/h1-12H,13H2;1H3. The Hall–Kier alpha value is -2.21. The first-order chi connectivity index (χ1) is 10.2. The Morgan fingerprint density at radius 3 is 2.18 bits per heavy atom. The lowest BCUT2D eigenvalue weighted by molar-refractivity contribution is 0.308. The maximum atomic E-state index is 12.4. The minimum atomic E-state index is -3.79. The zero-order chi connectivity index (χ0) is 14.7. The van der Waals surface area contributed by atoms with Gasteiger partial charge in [-0.15, -0.1) is 0 Å². The molecule has 0 atom stereocenters. The predicted octanol–water partition coefficient (Wildman–Crippen LogP) is 3.91. The van der Waals surface area contributed by atoms with E-state index in [1.165, 1.54) is 0 Å². The average molecular weight is 315 g/mol. The summed E-state index contributed by atoms with van der Waals surface area (Å²) in [6.45, 7) is 0.0341. The van der Waals surface area contributed by atoms with Gasteiger partial charge in [-0.2, -0.15) is 8.42 Å².